The van der Waals surface area contributed by atoms with Crippen molar-refractivity contribution in [2.75, 3.05) is 0 Å². The Kier molecular flexibility index (Phi) is 10.2. The zero-order chi connectivity index (χ0) is 19.3. The molecule has 0 atom stereocenters. The molecule has 0 heterocycles. The van der Waals surface area contributed by atoms with Crippen LogP contribution in [-0.4, -0.2) is 0 Å². The lowest BCUT2D eigenvalue weighted by molar-refractivity contribution is 0.607. The van der Waals surface area contributed by atoms with Crippen molar-refractivity contribution in [3.05, 3.63) is 59.4 Å². The lowest BCUT2D eigenvalue weighted by Crippen LogP contribution is -1.91. The van der Waals surface area contributed by atoms with Crippen LogP contribution >= 0.6 is 0 Å². The van der Waals surface area contributed by atoms with E-state index in [4.69, 9.17) is 0 Å². The maximum absolute atomic E-state index is 14.6. The van der Waals surface area contributed by atoms with E-state index < -0.39 is 0 Å². The van der Waals surface area contributed by atoms with Gasteiger partial charge in [-0.15, -0.1) is 0 Å². The molecule has 0 saturated carbocycles. The summed E-state index contributed by atoms with van der Waals surface area (Å²) in [6.45, 7) is 4.47. The Morgan fingerprint density at radius 2 is 1.11 bits per heavy atom. The molecule has 148 valence electrons. The molecule has 1 heteroatoms. The van der Waals surface area contributed by atoms with Gasteiger partial charge >= 0.3 is 0 Å². The minimum Gasteiger partial charge on any atom is -0.206 e. The maximum Gasteiger partial charge on any atom is 0.131 e. The van der Waals surface area contributed by atoms with Crippen molar-refractivity contribution in [3.8, 4) is 11.1 Å². The van der Waals surface area contributed by atoms with Gasteiger partial charge in [-0.25, -0.2) is 4.39 Å². The van der Waals surface area contributed by atoms with Gasteiger partial charge in [0.2, 0.25) is 0 Å². The first-order valence-corrected chi connectivity index (χ1v) is 11.1. The molecule has 0 N–H and O–H groups in total. The molecule has 0 spiro atoms. The predicted molar refractivity (Wildman–Crippen MR) is 117 cm³/mol. The monoisotopic (exact) mass is 368 g/mol. The summed E-state index contributed by atoms with van der Waals surface area (Å²) in [5.74, 6) is -0.0911. The number of rotatable bonds is 13. The highest BCUT2D eigenvalue weighted by atomic mass is 19.1. The quantitative estimate of drug-likeness (QED) is 0.311. The lowest BCUT2D eigenvalue weighted by Gasteiger charge is -2.08. The number of hydrogen-bond acceptors (Lipinski definition) is 0. The Labute approximate surface area is 166 Å². The number of hydrogen-bond donors (Lipinski definition) is 0. The topological polar surface area (TPSA) is 0 Å². The molecule has 0 fully saturated rings. The zero-order valence-corrected chi connectivity index (χ0v) is 17.4. The predicted octanol–water partition coefficient (Wildman–Crippen LogP) is 8.52. The molecule has 0 nitrogen and oxygen atoms in total. The lowest BCUT2D eigenvalue weighted by atomic mass is 9.98. The molecule has 2 aromatic carbocycles. The highest BCUT2D eigenvalue weighted by Gasteiger charge is 2.07. The minimum absolute atomic E-state index is 0.0911. The van der Waals surface area contributed by atoms with E-state index in [1.807, 2.05) is 6.07 Å². The van der Waals surface area contributed by atoms with Crippen LogP contribution < -0.4 is 0 Å². The first-order chi connectivity index (χ1) is 13.2. The van der Waals surface area contributed by atoms with E-state index in [9.17, 15) is 4.39 Å². The Bertz CT molecular complexity index is 642. The largest absolute Gasteiger partial charge is 0.206 e. The molecule has 27 heavy (non-hydrogen) atoms. The van der Waals surface area contributed by atoms with Crippen LogP contribution in [0.15, 0.2) is 42.5 Å². The molecule has 0 aromatic heterocycles. The first-order valence-electron chi connectivity index (χ1n) is 11.1. The van der Waals surface area contributed by atoms with Gasteiger partial charge in [0.25, 0.3) is 0 Å². The summed E-state index contributed by atoms with van der Waals surface area (Å²) in [6.07, 6.45) is 15.0. The standard InChI is InChI=1S/C26H37F/c1-3-5-7-9-10-12-13-22-15-18-24(19-16-22)25-20-17-23(21-26(25)27)14-11-8-6-4-2/h15-21H,3-14H2,1-2H3. The number of aryl methyl sites for hydroxylation is 2. The van der Waals surface area contributed by atoms with E-state index in [0.717, 1.165) is 36.0 Å². The number of benzene rings is 2. The van der Waals surface area contributed by atoms with Crippen LogP contribution in [0, 0.1) is 5.82 Å². The second-order valence-corrected chi connectivity index (χ2v) is 7.84. The van der Waals surface area contributed by atoms with Crippen molar-refractivity contribution in [1.82, 2.24) is 0 Å². The van der Waals surface area contributed by atoms with Crippen molar-refractivity contribution >= 4 is 0 Å². The van der Waals surface area contributed by atoms with Crippen LogP contribution in [0.25, 0.3) is 11.1 Å². The van der Waals surface area contributed by atoms with E-state index in [-0.39, 0.29) is 5.82 Å². The van der Waals surface area contributed by atoms with Crippen molar-refractivity contribution in [2.24, 2.45) is 0 Å². The maximum atomic E-state index is 14.6. The average molecular weight is 369 g/mol. The van der Waals surface area contributed by atoms with Gasteiger partial charge in [-0.2, -0.15) is 0 Å². The van der Waals surface area contributed by atoms with E-state index in [1.54, 1.807) is 6.07 Å². The van der Waals surface area contributed by atoms with Gasteiger partial charge in [-0.05, 0) is 48.4 Å². The molecule has 0 aliphatic heterocycles. The molecule has 2 rings (SSSR count). The highest BCUT2D eigenvalue weighted by Crippen LogP contribution is 2.25. The summed E-state index contributed by atoms with van der Waals surface area (Å²) in [4.78, 5) is 0. The van der Waals surface area contributed by atoms with E-state index in [1.165, 1.54) is 63.4 Å². The molecular formula is C26H37F. The fourth-order valence-corrected chi connectivity index (χ4v) is 3.66. The van der Waals surface area contributed by atoms with Gasteiger partial charge in [-0.3, -0.25) is 0 Å². The molecule has 0 saturated heterocycles. The van der Waals surface area contributed by atoms with Crippen LogP contribution in [0.4, 0.5) is 4.39 Å². The SMILES string of the molecule is CCCCCCCCc1ccc(-c2ccc(CCCCCC)cc2F)cc1. The van der Waals surface area contributed by atoms with E-state index in [2.05, 4.69) is 44.2 Å². The summed E-state index contributed by atoms with van der Waals surface area (Å²) in [7, 11) is 0. The summed E-state index contributed by atoms with van der Waals surface area (Å²) in [5.41, 5.74) is 4.18. The first kappa shape index (κ1) is 21.7. The summed E-state index contributed by atoms with van der Waals surface area (Å²) in [5, 5.41) is 0. The molecule has 0 aliphatic carbocycles. The second kappa shape index (κ2) is 12.7. The zero-order valence-electron chi connectivity index (χ0n) is 17.4. The Balaban J connectivity index is 1.85. The Hall–Kier alpha value is -1.63. The minimum atomic E-state index is -0.0911. The molecule has 0 bridgehead atoms. The smallest absolute Gasteiger partial charge is 0.131 e. The van der Waals surface area contributed by atoms with Gasteiger partial charge < -0.3 is 0 Å². The van der Waals surface area contributed by atoms with Gasteiger partial charge in [0.05, 0.1) is 0 Å². The third-order valence-electron chi connectivity index (χ3n) is 5.44. The van der Waals surface area contributed by atoms with Gasteiger partial charge in [0.1, 0.15) is 5.82 Å². The van der Waals surface area contributed by atoms with Crippen LogP contribution in [0.5, 0.6) is 0 Å². The van der Waals surface area contributed by atoms with Crippen molar-refractivity contribution in [1.29, 1.82) is 0 Å². The normalized spacial score (nSPS) is 11.1. The average Bonchev–Trinajstić information content (AvgIpc) is 2.69. The van der Waals surface area contributed by atoms with E-state index in [0.29, 0.717) is 0 Å². The van der Waals surface area contributed by atoms with Crippen LogP contribution in [-0.2, 0) is 12.8 Å². The van der Waals surface area contributed by atoms with Crippen LogP contribution in [0.1, 0.15) is 89.2 Å². The molecular weight excluding hydrogens is 331 g/mol. The van der Waals surface area contributed by atoms with Crippen molar-refractivity contribution in [3.63, 3.8) is 0 Å². The summed E-state index contributed by atoms with van der Waals surface area (Å²) < 4.78 is 14.6. The fraction of sp³-hybridized carbons (Fsp3) is 0.538. The third-order valence-corrected chi connectivity index (χ3v) is 5.44. The Morgan fingerprint density at radius 3 is 1.74 bits per heavy atom. The van der Waals surface area contributed by atoms with Crippen molar-refractivity contribution < 1.29 is 4.39 Å². The Morgan fingerprint density at radius 1 is 0.593 bits per heavy atom. The number of halogens is 1. The van der Waals surface area contributed by atoms with E-state index >= 15 is 0 Å². The molecule has 0 amide bonds. The second-order valence-electron chi connectivity index (χ2n) is 7.84. The summed E-state index contributed by atoms with van der Waals surface area (Å²) >= 11 is 0. The van der Waals surface area contributed by atoms with Gasteiger partial charge in [-0.1, -0.05) is 102 Å². The van der Waals surface area contributed by atoms with Crippen molar-refractivity contribution in [2.45, 2.75) is 90.9 Å². The number of unbranched alkanes of at least 4 members (excludes halogenated alkanes) is 8. The van der Waals surface area contributed by atoms with Gasteiger partial charge in [0.15, 0.2) is 0 Å². The van der Waals surface area contributed by atoms with Crippen LogP contribution in [0.3, 0.4) is 0 Å². The molecule has 0 radical (unpaired) electrons. The third kappa shape index (κ3) is 7.87. The summed E-state index contributed by atoms with van der Waals surface area (Å²) in [6, 6.07) is 14.3. The van der Waals surface area contributed by atoms with Crippen LogP contribution in [0.2, 0.25) is 0 Å². The fourth-order valence-electron chi connectivity index (χ4n) is 3.66. The molecule has 2 aromatic rings. The highest BCUT2D eigenvalue weighted by molar-refractivity contribution is 5.64. The van der Waals surface area contributed by atoms with Gasteiger partial charge in [0, 0.05) is 5.56 Å². The molecule has 0 aliphatic rings. The molecule has 0 unspecified atom stereocenters.